The molecule has 0 aliphatic carbocycles. The Morgan fingerprint density at radius 1 is 1.00 bits per heavy atom. The molecule has 0 saturated carbocycles. The number of halogens is 2. The maximum Gasteiger partial charge on any atom is 0.128 e. The van der Waals surface area contributed by atoms with E-state index in [0.29, 0.717) is 16.1 Å². The first-order valence-corrected chi connectivity index (χ1v) is 6.00. The van der Waals surface area contributed by atoms with E-state index >= 15 is 0 Å². The number of hydrogen-bond donors (Lipinski definition) is 1. The van der Waals surface area contributed by atoms with Gasteiger partial charge in [0.2, 0.25) is 0 Å². The minimum atomic E-state index is -0.511. The third kappa shape index (κ3) is 1.82. The van der Waals surface area contributed by atoms with Gasteiger partial charge in [0, 0.05) is 12.1 Å². The average molecular weight is 263 g/mol. The van der Waals surface area contributed by atoms with Gasteiger partial charge in [0.05, 0.1) is 15.8 Å². The maximum atomic E-state index is 13.0. The minimum Gasteiger partial charge on any atom is -0.507 e. The van der Waals surface area contributed by atoms with E-state index in [0.717, 1.165) is 10.8 Å². The Balaban J connectivity index is 2.19. The highest BCUT2D eigenvalue weighted by Crippen LogP contribution is 2.35. The molecule has 1 heterocycles. The quantitative estimate of drug-likeness (QED) is 0.721. The Kier molecular flexibility index (Phi) is 2.48. The fourth-order valence-electron chi connectivity index (χ4n) is 1.70. The van der Waals surface area contributed by atoms with Crippen LogP contribution in [0.4, 0.5) is 8.78 Å². The molecule has 2 nitrogen and oxygen atoms in total. The predicted molar refractivity (Wildman–Crippen MR) is 66.6 cm³/mol. The average Bonchev–Trinajstić information content (AvgIpc) is 2.71. The van der Waals surface area contributed by atoms with Gasteiger partial charge in [-0.25, -0.2) is 13.8 Å². The van der Waals surface area contributed by atoms with Crippen LogP contribution in [0.3, 0.4) is 0 Å². The van der Waals surface area contributed by atoms with E-state index in [1.807, 2.05) is 0 Å². The molecular formula is C13H7F2NOS. The molecule has 18 heavy (non-hydrogen) atoms. The summed E-state index contributed by atoms with van der Waals surface area (Å²) in [4.78, 5) is 4.23. The molecule has 0 spiro atoms. The van der Waals surface area contributed by atoms with Crippen LogP contribution >= 0.6 is 11.3 Å². The highest BCUT2D eigenvalue weighted by atomic mass is 32.1. The Bertz CT molecular complexity index is 739. The van der Waals surface area contributed by atoms with E-state index in [1.165, 1.54) is 35.6 Å². The van der Waals surface area contributed by atoms with Crippen molar-refractivity contribution in [3.05, 3.63) is 48.0 Å². The van der Waals surface area contributed by atoms with Gasteiger partial charge < -0.3 is 5.11 Å². The molecule has 1 N–H and O–H groups in total. The van der Waals surface area contributed by atoms with Crippen molar-refractivity contribution in [1.29, 1.82) is 0 Å². The number of thiazole rings is 1. The smallest absolute Gasteiger partial charge is 0.128 e. The van der Waals surface area contributed by atoms with Gasteiger partial charge in [0.1, 0.15) is 22.4 Å². The fourth-order valence-corrected chi connectivity index (χ4v) is 2.68. The second kappa shape index (κ2) is 4.03. The van der Waals surface area contributed by atoms with E-state index in [2.05, 4.69) is 4.98 Å². The predicted octanol–water partition coefficient (Wildman–Crippen LogP) is 3.95. The molecule has 3 aromatic rings. The highest BCUT2D eigenvalue weighted by molar-refractivity contribution is 7.21. The van der Waals surface area contributed by atoms with Crippen LogP contribution in [0.25, 0.3) is 20.8 Å². The molecule has 3 rings (SSSR count). The van der Waals surface area contributed by atoms with Gasteiger partial charge in [-0.05, 0) is 24.3 Å². The van der Waals surface area contributed by atoms with Crippen LogP contribution in [0.1, 0.15) is 0 Å². The number of phenols is 1. The standard InChI is InChI=1S/C13H7F2NOS/c14-7-2-4-12-10(5-7)16-13(18-12)9-3-1-8(15)6-11(9)17/h1-6,17H. The summed E-state index contributed by atoms with van der Waals surface area (Å²) in [5, 5.41) is 10.2. The lowest BCUT2D eigenvalue weighted by molar-refractivity contribution is 0.471. The number of hydrogen-bond acceptors (Lipinski definition) is 3. The van der Waals surface area contributed by atoms with Gasteiger partial charge in [0.15, 0.2) is 0 Å². The van der Waals surface area contributed by atoms with Gasteiger partial charge in [-0.1, -0.05) is 0 Å². The van der Waals surface area contributed by atoms with Crippen LogP contribution in [-0.4, -0.2) is 10.1 Å². The van der Waals surface area contributed by atoms with Crippen LogP contribution in [-0.2, 0) is 0 Å². The Labute approximate surface area is 105 Å². The molecular weight excluding hydrogens is 256 g/mol. The van der Waals surface area contributed by atoms with Crippen molar-refractivity contribution in [2.75, 3.05) is 0 Å². The van der Waals surface area contributed by atoms with E-state index < -0.39 is 5.82 Å². The van der Waals surface area contributed by atoms with Crippen molar-refractivity contribution >= 4 is 21.6 Å². The third-order valence-electron chi connectivity index (χ3n) is 2.54. The maximum absolute atomic E-state index is 13.0. The molecule has 0 aliphatic rings. The number of rotatable bonds is 1. The van der Waals surface area contributed by atoms with Gasteiger partial charge >= 0.3 is 0 Å². The number of aromatic hydroxyl groups is 1. The van der Waals surface area contributed by atoms with Crippen molar-refractivity contribution in [2.24, 2.45) is 0 Å². The minimum absolute atomic E-state index is 0.172. The monoisotopic (exact) mass is 263 g/mol. The Hall–Kier alpha value is -2.01. The van der Waals surface area contributed by atoms with Crippen molar-refractivity contribution in [2.45, 2.75) is 0 Å². The number of benzene rings is 2. The zero-order chi connectivity index (χ0) is 12.7. The lowest BCUT2D eigenvalue weighted by Crippen LogP contribution is -1.80. The molecule has 2 aromatic carbocycles. The van der Waals surface area contributed by atoms with Crippen LogP contribution in [0.5, 0.6) is 5.75 Å². The molecule has 0 amide bonds. The SMILES string of the molecule is Oc1cc(F)ccc1-c1nc2cc(F)ccc2s1. The molecule has 1 aromatic heterocycles. The summed E-state index contributed by atoms with van der Waals surface area (Å²) < 4.78 is 26.8. The zero-order valence-corrected chi connectivity index (χ0v) is 9.84. The van der Waals surface area contributed by atoms with Crippen LogP contribution in [0.2, 0.25) is 0 Å². The van der Waals surface area contributed by atoms with Crippen LogP contribution in [0.15, 0.2) is 36.4 Å². The van der Waals surface area contributed by atoms with Gasteiger partial charge in [-0.3, -0.25) is 0 Å². The summed E-state index contributed by atoms with van der Waals surface area (Å²) in [5.74, 6) is -1.04. The topological polar surface area (TPSA) is 33.1 Å². The van der Waals surface area contributed by atoms with E-state index in [-0.39, 0.29) is 11.6 Å². The first-order valence-electron chi connectivity index (χ1n) is 5.18. The highest BCUT2D eigenvalue weighted by Gasteiger charge is 2.11. The molecule has 0 saturated heterocycles. The first-order chi connectivity index (χ1) is 8.63. The lowest BCUT2D eigenvalue weighted by atomic mass is 10.2. The normalized spacial score (nSPS) is 11.0. The van der Waals surface area contributed by atoms with Crippen molar-refractivity contribution in [3.63, 3.8) is 0 Å². The zero-order valence-electron chi connectivity index (χ0n) is 9.02. The van der Waals surface area contributed by atoms with Gasteiger partial charge in [-0.15, -0.1) is 11.3 Å². The third-order valence-corrected chi connectivity index (χ3v) is 3.61. The van der Waals surface area contributed by atoms with E-state index in [4.69, 9.17) is 0 Å². The molecule has 0 atom stereocenters. The molecule has 5 heteroatoms. The number of nitrogens with zero attached hydrogens (tertiary/aromatic N) is 1. The Morgan fingerprint density at radius 3 is 2.50 bits per heavy atom. The van der Waals surface area contributed by atoms with E-state index in [1.54, 1.807) is 6.07 Å². The van der Waals surface area contributed by atoms with Gasteiger partial charge in [-0.2, -0.15) is 0 Å². The number of fused-ring (bicyclic) bond motifs is 1. The number of aromatic nitrogens is 1. The molecule has 0 radical (unpaired) electrons. The lowest BCUT2D eigenvalue weighted by Gasteiger charge is -1.99. The summed E-state index contributed by atoms with van der Waals surface area (Å²) in [5.41, 5.74) is 0.969. The number of phenolic OH excluding ortho intramolecular Hbond substituents is 1. The summed E-state index contributed by atoms with van der Waals surface area (Å²) >= 11 is 1.32. The van der Waals surface area contributed by atoms with Crippen LogP contribution < -0.4 is 0 Å². The second-order valence-electron chi connectivity index (χ2n) is 3.79. The fraction of sp³-hybridized carbons (Fsp3) is 0. The Morgan fingerprint density at radius 2 is 1.72 bits per heavy atom. The van der Waals surface area contributed by atoms with Gasteiger partial charge in [0.25, 0.3) is 0 Å². The molecule has 0 fully saturated rings. The molecule has 90 valence electrons. The summed E-state index contributed by atoms with van der Waals surface area (Å²) in [7, 11) is 0. The van der Waals surface area contributed by atoms with Crippen molar-refractivity contribution in [1.82, 2.24) is 4.98 Å². The summed E-state index contributed by atoms with van der Waals surface area (Å²) in [6.45, 7) is 0. The molecule has 0 unspecified atom stereocenters. The second-order valence-corrected chi connectivity index (χ2v) is 4.82. The van der Waals surface area contributed by atoms with Crippen molar-refractivity contribution in [3.8, 4) is 16.3 Å². The molecule has 0 bridgehead atoms. The summed E-state index contributed by atoms with van der Waals surface area (Å²) in [6, 6.07) is 8.06. The summed E-state index contributed by atoms with van der Waals surface area (Å²) in [6.07, 6.45) is 0. The largest absolute Gasteiger partial charge is 0.507 e. The first kappa shape index (κ1) is 11.1. The van der Waals surface area contributed by atoms with E-state index in [9.17, 15) is 13.9 Å². The van der Waals surface area contributed by atoms with Crippen LogP contribution in [0, 0.1) is 11.6 Å². The molecule has 0 aliphatic heterocycles. The van der Waals surface area contributed by atoms with Crippen molar-refractivity contribution < 1.29 is 13.9 Å².